The number of nitrogens with one attached hydrogen (secondary N) is 1. The summed E-state index contributed by atoms with van der Waals surface area (Å²) in [5.41, 5.74) is 0.480. The van der Waals surface area contributed by atoms with Crippen molar-refractivity contribution < 1.29 is 19.4 Å². The Labute approximate surface area is 145 Å². The third-order valence-electron chi connectivity index (χ3n) is 4.40. The van der Waals surface area contributed by atoms with Crippen LogP contribution < -0.4 is 10.1 Å². The summed E-state index contributed by atoms with van der Waals surface area (Å²) in [6.45, 7) is 0. The van der Waals surface area contributed by atoms with Gasteiger partial charge in [-0.25, -0.2) is 0 Å². The fourth-order valence-electron chi connectivity index (χ4n) is 3.07. The van der Waals surface area contributed by atoms with Crippen LogP contribution in [0.3, 0.4) is 0 Å². The summed E-state index contributed by atoms with van der Waals surface area (Å²) in [4.78, 5) is 27.8. The highest BCUT2D eigenvalue weighted by Crippen LogP contribution is 2.32. The number of carboxylic acids is 1. The van der Waals surface area contributed by atoms with Crippen LogP contribution in [0.1, 0.15) is 25.7 Å². The second-order valence-electron chi connectivity index (χ2n) is 6.17. The van der Waals surface area contributed by atoms with Crippen LogP contribution in [0.25, 0.3) is 0 Å². The fourth-order valence-corrected chi connectivity index (χ4v) is 3.07. The molecule has 0 spiro atoms. The number of aliphatic carboxylic acids is 1. The molecule has 25 heavy (non-hydrogen) atoms. The van der Waals surface area contributed by atoms with Crippen molar-refractivity contribution in [3.63, 3.8) is 0 Å². The number of anilines is 1. The van der Waals surface area contributed by atoms with E-state index in [1.165, 1.54) is 6.20 Å². The lowest BCUT2D eigenvalue weighted by atomic mass is 9.81. The maximum Gasteiger partial charge on any atom is 0.306 e. The van der Waals surface area contributed by atoms with Crippen molar-refractivity contribution >= 4 is 17.6 Å². The summed E-state index contributed by atoms with van der Waals surface area (Å²) in [6.07, 6.45) is 5.58. The largest absolute Gasteiger partial charge is 0.481 e. The molecule has 130 valence electrons. The molecule has 1 saturated carbocycles. The first-order valence-corrected chi connectivity index (χ1v) is 8.34. The average molecular weight is 340 g/mol. The zero-order valence-corrected chi connectivity index (χ0v) is 13.7. The van der Waals surface area contributed by atoms with E-state index in [1.54, 1.807) is 12.3 Å². The summed E-state index contributed by atoms with van der Waals surface area (Å²) < 4.78 is 5.81. The zero-order chi connectivity index (χ0) is 17.6. The van der Waals surface area contributed by atoms with Crippen molar-refractivity contribution in [3.05, 3.63) is 48.8 Å². The molecule has 1 aliphatic rings. The molecule has 6 heteroatoms. The molecule has 0 bridgehead atoms. The highest BCUT2D eigenvalue weighted by molar-refractivity contribution is 5.94. The van der Waals surface area contributed by atoms with Gasteiger partial charge in [-0.3, -0.25) is 14.6 Å². The molecule has 0 radical (unpaired) electrons. The Bertz CT molecular complexity index is 748. The summed E-state index contributed by atoms with van der Waals surface area (Å²) in [5.74, 6) is -0.602. The minimum atomic E-state index is -0.827. The predicted molar refractivity (Wildman–Crippen MR) is 92.5 cm³/mol. The van der Waals surface area contributed by atoms with Crippen LogP contribution in [0.15, 0.2) is 48.8 Å². The maximum absolute atomic E-state index is 12.6. The van der Waals surface area contributed by atoms with Crippen LogP contribution in [0.2, 0.25) is 0 Å². The Morgan fingerprint density at radius 1 is 1.12 bits per heavy atom. The molecule has 2 aromatic rings. The molecule has 0 unspecified atom stereocenters. The van der Waals surface area contributed by atoms with Gasteiger partial charge in [-0.2, -0.15) is 0 Å². The van der Waals surface area contributed by atoms with Gasteiger partial charge in [-0.15, -0.1) is 0 Å². The molecule has 3 rings (SSSR count). The minimum absolute atomic E-state index is 0.183. The number of para-hydroxylation sites is 1. The smallest absolute Gasteiger partial charge is 0.306 e. The van der Waals surface area contributed by atoms with E-state index in [-0.39, 0.29) is 11.8 Å². The van der Waals surface area contributed by atoms with Gasteiger partial charge in [0.2, 0.25) is 5.91 Å². The molecule has 2 N–H and O–H groups in total. The molecule has 0 saturated heterocycles. The molecule has 1 amide bonds. The fraction of sp³-hybridized carbons (Fsp3) is 0.316. The Morgan fingerprint density at radius 2 is 1.88 bits per heavy atom. The number of hydrogen-bond acceptors (Lipinski definition) is 4. The van der Waals surface area contributed by atoms with E-state index in [9.17, 15) is 14.7 Å². The monoisotopic (exact) mass is 340 g/mol. The van der Waals surface area contributed by atoms with Crippen molar-refractivity contribution in [1.29, 1.82) is 0 Å². The van der Waals surface area contributed by atoms with E-state index in [2.05, 4.69) is 10.3 Å². The van der Waals surface area contributed by atoms with Crippen LogP contribution in [0.4, 0.5) is 5.69 Å². The number of nitrogens with zero attached hydrogens (tertiary/aromatic N) is 1. The number of carboxylic acid groups (broad SMARTS) is 1. The first kappa shape index (κ1) is 17.0. The Morgan fingerprint density at radius 3 is 2.64 bits per heavy atom. The number of amides is 1. The third kappa shape index (κ3) is 4.35. The van der Waals surface area contributed by atoms with Gasteiger partial charge in [-0.05, 0) is 31.4 Å². The SMILES string of the molecule is O=C(O)[C@H]1CCC[C@@H](C(=O)Nc2cnccc2Oc2ccccc2)C1. The third-order valence-corrected chi connectivity index (χ3v) is 4.40. The van der Waals surface area contributed by atoms with E-state index < -0.39 is 11.9 Å². The Balaban J connectivity index is 1.70. The molecular weight excluding hydrogens is 320 g/mol. The summed E-state index contributed by atoms with van der Waals surface area (Å²) in [6, 6.07) is 11.0. The van der Waals surface area contributed by atoms with Crippen molar-refractivity contribution in [2.24, 2.45) is 11.8 Å². The van der Waals surface area contributed by atoms with Crippen LogP contribution in [0.5, 0.6) is 11.5 Å². The van der Waals surface area contributed by atoms with Gasteiger partial charge in [0.05, 0.1) is 12.1 Å². The molecule has 1 heterocycles. The number of benzene rings is 1. The van der Waals surface area contributed by atoms with Crippen LogP contribution in [-0.4, -0.2) is 22.0 Å². The van der Waals surface area contributed by atoms with Gasteiger partial charge in [0.15, 0.2) is 5.75 Å². The Hall–Kier alpha value is -2.89. The molecule has 1 aromatic carbocycles. The number of carbonyl (C=O) groups excluding carboxylic acids is 1. The van der Waals surface area contributed by atoms with Gasteiger partial charge in [0, 0.05) is 18.2 Å². The highest BCUT2D eigenvalue weighted by atomic mass is 16.5. The second-order valence-corrected chi connectivity index (χ2v) is 6.17. The lowest BCUT2D eigenvalue weighted by molar-refractivity contribution is -0.143. The highest BCUT2D eigenvalue weighted by Gasteiger charge is 2.31. The van der Waals surface area contributed by atoms with Crippen LogP contribution in [-0.2, 0) is 9.59 Å². The van der Waals surface area contributed by atoms with Crippen LogP contribution in [0, 0.1) is 11.8 Å². The van der Waals surface area contributed by atoms with Crippen molar-refractivity contribution in [1.82, 2.24) is 4.98 Å². The zero-order valence-electron chi connectivity index (χ0n) is 13.7. The molecule has 1 aromatic heterocycles. The normalized spacial score (nSPS) is 19.8. The van der Waals surface area contributed by atoms with Gasteiger partial charge in [0.1, 0.15) is 11.4 Å². The summed E-state index contributed by atoms with van der Waals surface area (Å²) >= 11 is 0. The topological polar surface area (TPSA) is 88.5 Å². The number of rotatable bonds is 5. The van der Waals surface area contributed by atoms with Gasteiger partial charge in [0.25, 0.3) is 0 Å². The van der Waals surface area contributed by atoms with E-state index >= 15 is 0 Å². The maximum atomic E-state index is 12.6. The van der Waals surface area contributed by atoms with Gasteiger partial charge in [-0.1, -0.05) is 24.6 Å². The standard InChI is InChI=1S/C19H20N2O4/c22-18(13-5-4-6-14(11-13)19(23)24)21-16-12-20-10-9-17(16)25-15-7-2-1-3-8-15/h1-3,7-10,12-14H,4-6,11H2,(H,21,22)(H,23,24)/t13-,14+/m1/s1. The summed E-state index contributed by atoms with van der Waals surface area (Å²) in [5, 5.41) is 12.0. The van der Waals surface area contributed by atoms with E-state index in [0.717, 1.165) is 6.42 Å². The van der Waals surface area contributed by atoms with E-state index in [0.29, 0.717) is 36.4 Å². The number of aromatic nitrogens is 1. The minimum Gasteiger partial charge on any atom is -0.481 e. The number of hydrogen-bond donors (Lipinski definition) is 2. The van der Waals surface area contributed by atoms with Crippen molar-refractivity contribution in [2.45, 2.75) is 25.7 Å². The lowest BCUT2D eigenvalue weighted by Crippen LogP contribution is -2.31. The van der Waals surface area contributed by atoms with Crippen molar-refractivity contribution in [2.75, 3.05) is 5.32 Å². The van der Waals surface area contributed by atoms with Crippen molar-refractivity contribution in [3.8, 4) is 11.5 Å². The molecule has 6 nitrogen and oxygen atoms in total. The average Bonchev–Trinajstić information content (AvgIpc) is 2.64. The first-order chi connectivity index (χ1) is 12.1. The molecule has 0 aliphatic heterocycles. The quantitative estimate of drug-likeness (QED) is 0.866. The first-order valence-electron chi connectivity index (χ1n) is 8.34. The number of pyridine rings is 1. The van der Waals surface area contributed by atoms with E-state index in [1.807, 2.05) is 30.3 Å². The number of ether oxygens (including phenoxy) is 1. The van der Waals surface area contributed by atoms with E-state index in [4.69, 9.17) is 4.74 Å². The molecular formula is C19H20N2O4. The predicted octanol–water partition coefficient (Wildman–Crippen LogP) is 3.70. The number of carbonyl (C=O) groups is 2. The Kier molecular flexibility index (Phi) is 5.28. The second kappa shape index (κ2) is 7.79. The summed E-state index contributed by atoms with van der Waals surface area (Å²) in [7, 11) is 0. The van der Waals surface area contributed by atoms with Crippen LogP contribution >= 0.6 is 0 Å². The molecule has 1 aliphatic carbocycles. The van der Waals surface area contributed by atoms with Gasteiger partial charge < -0.3 is 15.2 Å². The molecule has 2 atom stereocenters. The lowest BCUT2D eigenvalue weighted by Gasteiger charge is -2.25. The van der Waals surface area contributed by atoms with Gasteiger partial charge >= 0.3 is 5.97 Å². The molecule has 1 fully saturated rings.